The Morgan fingerprint density at radius 1 is 1.03 bits per heavy atom. The van der Waals surface area contributed by atoms with Crippen LogP contribution < -0.4 is 0 Å². The molecule has 3 fully saturated rings. The van der Waals surface area contributed by atoms with E-state index >= 15 is 0 Å². The summed E-state index contributed by atoms with van der Waals surface area (Å²) in [5.74, 6) is 0.121. The van der Waals surface area contributed by atoms with Gasteiger partial charge in [-0.15, -0.1) is 0 Å². The summed E-state index contributed by atoms with van der Waals surface area (Å²) >= 11 is 0. The molecule has 0 spiro atoms. The number of aryl methyl sites for hydroxylation is 2. The summed E-state index contributed by atoms with van der Waals surface area (Å²) in [5, 5.41) is 0. The van der Waals surface area contributed by atoms with Crippen LogP contribution in [-0.4, -0.2) is 87.0 Å². The Morgan fingerprint density at radius 2 is 1.74 bits per heavy atom. The fourth-order valence-corrected chi connectivity index (χ4v) is 6.73. The highest BCUT2D eigenvalue weighted by molar-refractivity contribution is 7.89. The average molecular weight is 450 g/mol. The molecule has 1 amide bonds. The van der Waals surface area contributed by atoms with Gasteiger partial charge >= 0.3 is 0 Å². The second-order valence-corrected chi connectivity index (χ2v) is 11.1. The number of hydrogen-bond acceptors (Lipinski definition) is 5. The normalized spacial score (nSPS) is 24.6. The number of carbonyl (C=O) groups is 1. The molecule has 4 rings (SSSR count). The molecule has 3 saturated heterocycles. The van der Waals surface area contributed by atoms with Crippen LogP contribution in [0, 0.1) is 19.8 Å². The van der Waals surface area contributed by atoms with Gasteiger partial charge in [0.2, 0.25) is 15.9 Å². The van der Waals surface area contributed by atoms with Crippen molar-refractivity contribution in [2.45, 2.75) is 50.5 Å². The van der Waals surface area contributed by atoms with E-state index in [1.54, 1.807) is 10.4 Å². The highest BCUT2D eigenvalue weighted by atomic mass is 32.2. The van der Waals surface area contributed by atoms with Crippen LogP contribution in [-0.2, 0) is 19.6 Å². The molecule has 1 atom stereocenters. The Kier molecular flexibility index (Phi) is 7.01. The van der Waals surface area contributed by atoms with Gasteiger partial charge in [-0.1, -0.05) is 17.7 Å². The summed E-state index contributed by atoms with van der Waals surface area (Å²) in [4.78, 5) is 17.8. The second kappa shape index (κ2) is 9.57. The van der Waals surface area contributed by atoms with Gasteiger partial charge in [0.15, 0.2) is 0 Å². The smallest absolute Gasteiger partial charge is 0.243 e. The number of hydrogen-bond donors (Lipinski definition) is 0. The van der Waals surface area contributed by atoms with Crippen molar-refractivity contribution in [2.75, 3.05) is 52.4 Å². The van der Waals surface area contributed by atoms with Crippen molar-refractivity contribution in [1.29, 1.82) is 0 Å². The summed E-state index contributed by atoms with van der Waals surface area (Å²) in [6.07, 6.45) is 3.84. The number of benzene rings is 1. The Bertz CT molecular complexity index is 882. The topological polar surface area (TPSA) is 70.2 Å². The number of amides is 1. The maximum absolute atomic E-state index is 13.1. The first-order valence-corrected chi connectivity index (χ1v) is 13.0. The maximum Gasteiger partial charge on any atom is 0.243 e. The fourth-order valence-electron chi connectivity index (χ4n) is 5.06. The molecule has 0 N–H and O–H groups in total. The first kappa shape index (κ1) is 22.7. The van der Waals surface area contributed by atoms with Gasteiger partial charge in [-0.25, -0.2) is 8.42 Å². The molecular formula is C23H35N3O4S. The average Bonchev–Trinajstić information content (AvgIpc) is 3.27. The third-order valence-corrected chi connectivity index (χ3v) is 8.98. The zero-order valence-electron chi connectivity index (χ0n) is 18.8. The second-order valence-electron chi connectivity index (χ2n) is 9.21. The predicted octanol–water partition coefficient (Wildman–Crippen LogP) is 2.03. The molecule has 0 aromatic heterocycles. The molecule has 1 aromatic carbocycles. The number of ether oxygens (including phenoxy) is 1. The van der Waals surface area contributed by atoms with E-state index in [-0.39, 0.29) is 11.8 Å². The van der Waals surface area contributed by atoms with Crippen molar-refractivity contribution in [2.24, 2.45) is 5.92 Å². The maximum atomic E-state index is 13.1. The van der Waals surface area contributed by atoms with E-state index in [9.17, 15) is 13.2 Å². The first-order chi connectivity index (χ1) is 14.8. The molecule has 3 aliphatic rings. The Balaban J connectivity index is 1.28. The molecule has 0 aliphatic carbocycles. The lowest BCUT2D eigenvalue weighted by Gasteiger charge is -2.39. The lowest BCUT2D eigenvalue weighted by atomic mass is 9.96. The van der Waals surface area contributed by atoms with Crippen LogP contribution in [0.3, 0.4) is 0 Å². The molecule has 3 heterocycles. The van der Waals surface area contributed by atoms with Gasteiger partial charge in [0.1, 0.15) is 0 Å². The third-order valence-electron chi connectivity index (χ3n) is 6.92. The molecule has 31 heavy (non-hydrogen) atoms. The van der Waals surface area contributed by atoms with Crippen LogP contribution in [0.1, 0.15) is 36.8 Å². The number of piperazine rings is 1. The number of sulfonamides is 1. The van der Waals surface area contributed by atoms with E-state index in [0.717, 1.165) is 63.3 Å². The van der Waals surface area contributed by atoms with E-state index < -0.39 is 10.0 Å². The molecule has 8 heteroatoms. The monoisotopic (exact) mass is 449 g/mol. The van der Waals surface area contributed by atoms with Crippen molar-refractivity contribution < 1.29 is 17.9 Å². The Morgan fingerprint density at radius 3 is 2.35 bits per heavy atom. The molecule has 0 saturated carbocycles. The van der Waals surface area contributed by atoms with E-state index in [1.165, 1.54) is 0 Å². The third kappa shape index (κ3) is 5.13. The fraction of sp³-hybridized carbons (Fsp3) is 0.696. The van der Waals surface area contributed by atoms with Crippen LogP contribution in [0.4, 0.5) is 0 Å². The molecule has 172 valence electrons. The van der Waals surface area contributed by atoms with Crippen LogP contribution in [0.2, 0.25) is 0 Å². The SMILES string of the molecule is Cc1ccc(S(=O)(=O)N2CCC(C(=O)N3CCN(CC4CCCO4)CC3)CC2)c(C)c1. The van der Waals surface area contributed by atoms with Crippen LogP contribution in [0.25, 0.3) is 0 Å². The Hall–Kier alpha value is -1.48. The van der Waals surface area contributed by atoms with E-state index in [2.05, 4.69) is 4.90 Å². The summed E-state index contributed by atoms with van der Waals surface area (Å²) in [6, 6.07) is 5.45. The van der Waals surface area contributed by atoms with Crippen molar-refractivity contribution in [3.05, 3.63) is 29.3 Å². The van der Waals surface area contributed by atoms with Gasteiger partial charge in [-0.2, -0.15) is 4.31 Å². The highest BCUT2D eigenvalue weighted by Crippen LogP contribution is 2.27. The molecular weight excluding hydrogens is 414 g/mol. The summed E-state index contributed by atoms with van der Waals surface area (Å²) in [7, 11) is -3.51. The predicted molar refractivity (Wildman–Crippen MR) is 119 cm³/mol. The zero-order valence-corrected chi connectivity index (χ0v) is 19.6. The number of carbonyl (C=O) groups excluding carboxylic acids is 1. The lowest BCUT2D eigenvalue weighted by molar-refractivity contribution is -0.138. The number of nitrogens with zero attached hydrogens (tertiary/aromatic N) is 3. The van der Waals surface area contributed by atoms with E-state index in [4.69, 9.17) is 4.74 Å². The van der Waals surface area contributed by atoms with Crippen molar-refractivity contribution in [3.63, 3.8) is 0 Å². The molecule has 1 unspecified atom stereocenters. The zero-order chi connectivity index (χ0) is 22.0. The molecule has 1 aromatic rings. The van der Waals surface area contributed by atoms with Gasteiger partial charge in [0, 0.05) is 58.3 Å². The summed E-state index contributed by atoms with van der Waals surface area (Å²) in [6.45, 7) is 9.77. The van der Waals surface area contributed by atoms with Crippen molar-refractivity contribution >= 4 is 15.9 Å². The van der Waals surface area contributed by atoms with Crippen LogP contribution in [0.5, 0.6) is 0 Å². The molecule has 7 nitrogen and oxygen atoms in total. The summed E-state index contributed by atoms with van der Waals surface area (Å²) in [5.41, 5.74) is 1.83. The largest absolute Gasteiger partial charge is 0.377 e. The van der Waals surface area contributed by atoms with Gasteiger partial charge < -0.3 is 9.64 Å². The van der Waals surface area contributed by atoms with Gasteiger partial charge in [0.05, 0.1) is 11.0 Å². The first-order valence-electron chi connectivity index (χ1n) is 11.5. The quantitative estimate of drug-likeness (QED) is 0.688. The molecule has 0 bridgehead atoms. The molecule has 3 aliphatic heterocycles. The standard InChI is InChI=1S/C23H35N3O4S/c1-18-5-6-22(19(2)16-18)31(28,29)26-9-7-20(8-10-26)23(27)25-13-11-24(12-14-25)17-21-4-3-15-30-21/h5-6,16,20-21H,3-4,7-15,17H2,1-2H3. The number of piperidine rings is 1. The minimum absolute atomic E-state index is 0.0738. The van der Waals surface area contributed by atoms with E-state index in [1.807, 2.05) is 30.9 Å². The van der Waals surface area contributed by atoms with Crippen molar-refractivity contribution in [1.82, 2.24) is 14.1 Å². The van der Waals surface area contributed by atoms with Crippen molar-refractivity contribution in [3.8, 4) is 0 Å². The van der Waals surface area contributed by atoms with E-state index in [0.29, 0.717) is 36.9 Å². The van der Waals surface area contributed by atoms with Gasteiger partial charge in [-0.3, -0.25) is 9.69 Å². The van der Waals surface area contributed by atoms with Crippen LogP contribution >= 0.6 is 0 Å². The lowest BCUT2D eigenvalue weighted by Crippen LogP contribution is -2.53. The van der Waals surface area contributed by atoms with Gasteiger partial charge in [0.25, 0.3) is 0 Å². The van der Waals surface area contributed by atoms with Gasteiger partial charge in [-0.05, 0) is 51.2 Å². The summed E-state index contributed by atoms with van der Waals surface area (Å²) < 4.78 is 33.5. The highest BCUT2D eigenvalue weighted by Gasteiger charge is 2.35. The number of rotatable bonds is 5. The minimum atomic E-state index is -3.51. The van der Waals surface area contributed by atoms with Crippen LogP contribution in [0.15, 0.2) is 23.1 Å². The molecule has 0 radical (unpaired) electrons. The minimum Gasteiger partial charge on any atom is -0.377 e. The Labute approximate surface area is 186 Å².